The van der Waals surface area contributed by atoms with Gasteiger partial charge in [0, 0.05) is 38.1 Å². The zero-order valence-electron chi connectivity index (χ0n) is 26.9. The van der Waals surface area contributed by atoms with Crippen LogP contribution in [0.5, 0.6) is 23.1 Å². The molecule has 0 bridgehead atoms. The highest BCUT2D eigenvalue weighted by atomic mass is 16.6. The van der Waals surface area contributed by atoms with Crippen LogP contribution in [-0.4, -0.2) is 66.8 Å². The second kappa shape index (κ2) is 16.5. The maximum Gasteiger partial charge on any atom is 0.410 e. The number of carbonyl (C=O) groups is 3. The lowest BCUT2D eigenvalue weighted by atomic mass is 9.88. The number of benzene rings is 2. The van der Waals surface area contributed by atoms with Crippen LogP contribution in [0.2, 0.25) is 0 Å². The highest BCUT2D eigenvalue weighted by Gasteiger charge is 2.26. The molecule has 4 rings (SSSR count). The van der Waals surface area contributed by atoms with Crippen LogP contribution >= 0.6 is 0 Å². The summed E-state index contributed by atoms with van der Waals surface area (Å²) in [4.78, 5) is 43.2. The first kappa shape index (κ1) is 34.1. The number of hydrogen-bond acceptors (Lipinski definition) is 9. The van der Waals surface area contributed by atoms with Crippen molar-refractivity contribution in [3.63, 3.8) is 0 Å². The van der Waals surface area contributed by atoms with E-state index in [2.05, 4.69) is 31.1 Å². The number of likely N-dealkylation sites (tertiary alicyclic amines) is 1. The van der Waals surface area contributed by atoms with E-state index in [1.54, 1.807) is 47.5 Å². The number of piperidine rings is 1. The van der Waals surface area contributed by atoms with E-state index >= 15 is 0 Å². The maximum atomic E-state index is 12.5. The third kappa shape index (κ3) is 11.3. The molecule has 11 nitrogen and oxygen atoms in total. The number of carbonyl (C=O) groups excluding carboxylic acids is 3. The van der Waals surface area contributed by atoms with Crippen molar-refractivity contribution in [3.8, 4) is 23.1 Å². The topological polar surface area (TPSA) is 126 Å². The first-order valence-corrected chi connectivity index (χ1v) is 15.4. The van der Waals surface area contributed by atoms with Crippen molar-refractivity contribution in [2.75, 3.05) is 26.8 Å². The van der Waals surface area contributed by atoms with Gasteiger partial charge in [-0.1, -0.05) is 57.2 Å². The highest BCUT2D eigenvalue weighted by Crippen LogP contribution is 2.26. The van der Waals surface area contributed by atoms with Gasteiger partial charge >= 0.3 is 12.1 Å². The molecule has 1 aliphatic rings. The van der Waals surface area contributed by atoms with Gasteiger partial charge in [0.2, 0.25) is 5.88 Å². The molecule has 1 saturated heterocycles. The van der Waals surface area contributed by atoms with Crippen molar-refractivity contribution in [1.82, 2.24) is 15.2 Å². The minimum absolute atomic E-state index is 0.00981. The molecule has 2 aromatic carbocycles. The molecule has 1 aliphatic heterocycles. The van der Waals surface area contributed by atoms with Gasteiger partial charge < -0.3 is 33.9 Å². The lowest BCUT2D eigenvalue weighted by Gasteiger charge is -2.31. The normalized spacial score (nSPS) is 14.1. The summed E-state index contributed by atoms with van der Waals surface area (Å²) in [5.41, 5.74) is 0.962. The van der Waals surface area contributed by atoms with Crippen LogP contribution in [0.3, 0.4) is 0 Å². The van der Waals surface area contributed by atoms with Crippen LogP contribution in [0, 0.1) is 5.41 Å². The molecule has 0 spiro atoms. The number of pyridine rings is 1. The quantitative estimate of drug-likeness (QED) is 0.229. The van der Waals surface area contributed by atoms with Crippen molar-refractivity contribution >= 4 is 18.0 Å². The van der Waals surface area contributed by atoms with Crippen molar-refractivity contribution in [1.29, 1.82) is 0 Å². The van der Waals surface area contributed by atoms with Crippen molar-refractivity contribution < 1.29 is 38.1 Å². The minimum atomic E-state index is -0.741. The number of nitrogens with zero attached hydrogens (tertiary/aromatic N) is 2. The summed E-state index contributed by atoms with van der Waals surface area (Å²) >= 11 is 0. The fourth-order valence-corrected chi connectivity index (χ4v) is 4.76. The molecule has 1 N–H and O–H groups in total. The van der Waals surface area contributed by atoms with E-state index in [1.165, 1.54) is 7.11 Å². The zero-order chi connectivity index (χ0) is 32.9. The number of nitrogens with one attached hydrogen (secondary N) is 1. The number of methoxy groups -OCH3 is 1. The predicted octanol–water partition coefficient (Wildman–Crippen LogP) is 5.92. The molecule has 11 heteroatoms. The van der Waals surface area contributed by atoms with Crippen LogP contribution in [0.25, 0.3) is 0 Å². The smallest absolute Gasteiger partial charge is 0.410 e. The van der Waals surface area contributed by atoms with Crippen LogP contribution in [0.4, 0.5) is 4.79 Å². The minimum Gasteiger partial charge on any atom is -0.489 e. The molecular weight excluding hydrogens is 590 g/mol. The number of rotatable bonds is 13. The van der Waals surface area contributed by atoms with Gasteiger partial charge in [-0.15, -0.1) is 0 Å². The fraction of sp³-hybridized carbons (Fsp3) is 0.429. The summed E-state index contributed by atoms with van der Waals surface area (Å²) in [5, 5.41) is 2.70. The summed E-state index contributed by atoms with van der Waals surface area (Å²) < 4.78 is 27.9. The first-order valence-electron chi connectivity index (χ1n) is 15.4. The summed E-state index contributed by atoms with van der Waals surface area (Å²) in [5.74, 6) is 0.947. The van der Waals surface area contributed by atoms with Crippen molar-refractivity contribution in [3.05, 3.63) is 78.5 Å². The van der Waals surface area contributed by atoms with Crippen LogP contribution in [-0.2, 0) is 25.7 Å². The predicted molar refractivity (Wildman–Crippen MR) is 171 cm³/mol. The van der Waals surface area contributed by atoms with Crippen LogP contribution in [0.1, 0.15) is 52.0 Å². The average molecular weight is 634 g/mol. The van der Waals surface area contributed by atoms with Gasteiger partial charge in [-0.3, -0.25) is 4.79 Å². The van der Waals surface area contributed by atoms with E-state index in [0.717, 1.165) is 12.0 Å². The van der Waals surface area contributed by atoms with E-state index in [-0.39, 0.29) is 30.8 Å². The Labute approximate surface area is 270 Å². The Bertz CT molecular complexity index is 1420. The van der Waals surface area contributed by atoms with Gasteiger partial charge in [0.1, 0.15) is 36.0 Å². The number of ether oxygens (including phenoxy) is 5. The van der Waals surface area contributed by atoms with Gasteiger partial charge in [-0.2, -0.15) is 0 Å². The van der Waals surface area contributed by atoms with Crippen LogP contribution < -0.4 is 19.5 Å². The molecule has 1 fully saturated rings. The van der Waals surface area contributed by atoms with Gasteiger partial charge in [-0.05, 0) is 42.0 Å². The SMILES string of the molecule is COC(=O)[C@H](CCC(C)(C)C)NC(=O)COc1cccc(Oc2ccc(OC3CCN(C(=O)OCc4ccccc4)CC3)cn2)c1. The van der Waals surface area contributed by atoms with Crippen molar-refractivity contribution in [2.24, 2.45) is 5.41 Å². The zero-order valence-corrected chi connectivity index (χ0v) is 26.9. The number of hydrogen-bond donors (Lipinski definition) is 1. The number of amides is 2. The van der Waals surface area contributed by atoms with Crippen molar-refractivity contribution in [2.45, 2.75) is 65.2 Å². The second-order valence-electron chi connectivity index (χ2n) is 12.3. The molecule has 0 aliphatic carbocycles. The lowest BCUT2D eigenvalue weighted by Crippen LogP contribution is -2.44. The first-order chi connectivity index (χ1) is 22.1. The highest BCUT2D eigenvalue weighted by molar-refractivity contribution is 5.85. The molecule has 1 atom stereocenters. The summed E-state index contributed by atoms with van der Waals surface area (Å²) in [6.07, 6.45) is 3.81. The van der Waals surface area contributed by atoms with Gasteiger partial charge in [-0.25, -0.2) is 14.6 Å². The third-order valence-corrected chi connectivity index (χ3v) is 7.32. The largest absolute Gasteiger partial charge is 0.489 e. The lowest BCUT2D eigenvalue weighted by molar-refractivity contribution is -0.145. The van der Waals surface area contributed by atoms with E-state index in [1.807, 2.05) is 30.3 Å². The molecular formula is C35H43N3O8. The number of esters is 1. The third-order valence-electron chi connectivity index (χ3n) is 7.32. The Balaban J connectivity index is 1.19. The molecule has 0 unspecified atom stereocenters. The van der Waals surface area contributed by atoms with E-state index < -0.39 is 17.9 Å². The fourth-order valence-electron chi connectivity index (χ4n) is 4.76. The summed E-state index contributed by atoms with van der Waals surface area (Å²) in [7, 11) is 1.30. The molecule has 0 radical (unpaired) electrons. The maximum absolute atomic E-state index is 12.5. The molecule has 2 amide bonds. The Hall–Kier alpha value is -4.80. The molecule has 2 heterocycles. The van der Waals surface area contributed by atoms with E-state index in [4.69, 9.17) is 23.7 Å². The molecule has 246 valence electrons. The van der Waals surface area contributed by atoms with Gasteiger partial charge in [0.15, 0.2) is 6.61 Å². The molecule has 46 heavy (non-hydrogen) atoms. The summed E-state index contributed by atoms with van der Waals surface area (Å²) in [6.45, 7) is 7.29. The van der Waals surface area contributed by atoms with E-state index in [9.17, 15) is 14.4 Å². The average Bonchev–Trinajstić information content (AvgIpc) is 3.05. The molecule has 0 saturated carbocycles. The Kier molecular flexibility index (Phi) is 12.2. The molecule has 1 aromatic heterocycles. The van der Waals surface area contributed by atoms with Gasteiger partial charge in [0.05, 0.1) is 13.3 Å². The summed E-state index contributed by atoms with van der Waals surface area (Å²) in [6, 6.07) is 19.2. The Morgan fingerprint density at radius 3 is 2.37 bits per heavy atom. The number of aromatic nitrogens is 1. The van der Waals surface area contributed by atoms with E-state index in [0.29, 0.717) is 55.5 Å². The second-order valence-corrected chi connectivity index (χ2v) is 12.3. The van der Waals surface area contributed by atoms with Crippen LogP contribution in [0.15, 0.2) is 72.9 Å². The monoisotopic (exact) mass is 633 g/mol. The van der Waals surface area contributed by atoms with Gasteiger partial charge in [0.25, 0.3) is 5.91 Å². The Morgan fingerprint density at radius 1 is 0.957 bits per heavy atom. The standard InChI is InChI=1S/C35H43N3O8/c1-35(2,3)18-15-30(33(40)42-4)37-31(39)24-43-27-11-8-12-28(21-27)46-32-14-13-29(22-36-32)45-26-16-19-38(20-17-26)34(41)44-23-25-9-6-5-7-10-25/h5-14,21-22,26,30H,15-20,23-24H2,1-4H3,(H,37,39)/t30-/m0/s1. The molecule has 3 aromatic rings. The Morgan fingerprint density at radius 2 is 1.70 bits per heavy atom.